The van der Waals surface area contributed by atoms with Gasteiger partial charge in [0.1, 0.15) is 6.29 Å². The van der Waals surface area contributed by atoms with Gasteiger partial charge in [-0.3, -0.25) is 4.79 Å². The van der Waals surface area contributed by atoms with Crippen molar-refractivity contribution < 1.29 is 9.59 Å². The molecule has 1 amide bonds. The zero-order chi connectivity index (χ0) is 9.42. The van der Waals surface area contributed by atoms with Crippen LogP contribution in [0.15, 0.2) is 0 Å². The second-order valence-electron chi connectivity index (χ2n) is 4.19. The molecule has 3 nitrogen and oxygen atoms in total. The molecule has 2 aliphatic rings. The molecular formula is C10H15NO2. The molecule has 0 N–H and O–H groups in total. The van der Waals surface area contributed by atoms with Gasteiger partial charge in [-0.15, -0.1) is 0 Å². The van der Waals surface area contributed by atoms with E-state index in [-0.39, 0.29) is 11.9 Å². The van der Waals surface area contributed by atoms with E-state index in [9.17, 15) is 9.59 Å². The van der Waals surface area contributed by atoms with Gasteiger partial charge < -0.3 is 9.69 Å². The molecule has 2 heterocycles. The Balaban J connectivity index is 2.21. The highest BCUT2D eigenvalue weighted by Crippen LogP contribution is 2.34. The first-order valence-electron chi connectivity index (χ1n) is 5.00. The summed E-state index contributed by atoms with van der Waals surface area (Å²) >= 11 is 0. The third-order valence-corrected chi connectivity index (χ3v) is 3.30. The van der Waals surface area contributed by atoms with Crippen molar-refractivity contribution in [3.63, 3.8) is 0 Å². The van der Waals surface area contributed by atoms with Crippen LogP contribution in [-0.4, -0.2) is 29.2 Å². The first-order chi connectivity index (χ1) is 6.24. The lowest BCUT2D eigenvalue weighted by Gasteiger charge is -2.32. The summed E-state index contributed by atoms with van der Waals surface area (Å²) in [5, 5.41) is 0. The van der Waals surface area contributed by atoms with Gasteiger partial charge in [0.2, 0.25) is 5.91 Å². The van der Waals surface area contributed by atoms with E-state index in [0.29, 0.717) is 18.4 Å². The Kier molecular flexibility index (Phi) is 2.10. The monoisotopic (exact) mass is 181 g/mol. The highest BCUT2D eigenvalue weighted by molar-refractivity contribution is 5.81. The summed E-state index contributed by atoms with van der Waals surface area (Å²) in [5.74, 6) is 0.530. The van der Waals surface area contributed by atoms with Crippen molar-refractivity contribution in [3.8, 4) is 0 Å². The molecule has 0 aromatic rings. The molecule has 0 saturated carbocycles. The van der Waals surface area contributed by atoms with Crippen LogP contribution < -0.4 is 0 Å². The predicted octanol–water partition coefficient (Wildman–Crippen LogP) is 0.975. The summed E-state index contributed by atoms with van der Waals surface area (Å²) in [6.07, 6.45) is 4.66. The average Bonchev–Trinajstić information content (AvgIpc) is 2.42. The Morgan fingerprint density at radius 1 is 1.54 bits per heavy atom. The predicted molar refractivity (Wildman–Crippen MR) is 48.1 cm³/mol. The summed E-state index contributed by atoms with van der Waals surface area (Å²) in [4.78, 5) is 24.2. The van der Waals surface area contributed by atoms with Crippen LogP contribution in [0.25, 0.3) is 0 Å². The largest absolute Gasteiger partial charge is 0.330 e. The van der Waals surface area contributed by atoms with E-state index >= 15 is 0 Å². The maximum absolute atomic E-state index is 11.6. The third-order valence-electron chi connectivity index (χ3n) is 3.30. The van der Waals surface area contributed by atoms with Crippen LogP contribution in [0.4, 0.5) is 0 Å². The lowest BCUT2D eigenvalue weighted by molar-refractivity contribution is -0.139. The number of aldehydes is 1. The van der Waals surface area contributed by atoms with Gasteiger partial charge in [-0.05, 0) is 25.2 Å². The van der Waals surface area contributed by atoms with E-state index in [0.717, 1.165) is 25.5 Å². The van der Waals surface area contributed by atoms with Gasteiger partial charge in [0, 0.05) is 12.5 Å². The first-order valence-corrected chi connectivity index (χ1v) is 5.00. The fraction of sp³-hybridized carbons (Fsp3) is 0.800. The first kappa shape index (κ1) is 8.73. The van der Waals surface area contributed by atoms with E-state index in [1.165, 1.54) is 0 Å². The number of carbonyl (C=O) groups is 2. The topological polar surface area (TPSA) is 37.4 Å². The van der Waals surface area contributed by atoms with Gasteiger partial charge >= 0.3 is 0 Å². The van der Waals surface area contributed by atoms with Crippen LogP contribution in [0.1, 0.15) is 32.6 Å². The number of carbonyl (C=O) groups excluding carboxylic acids is 2. The molecule has 2 fully saturated rings. The second kappa shape index (κ2) is 3.13. The number of nitrogens with zero attached hydrogens (tertiary/aromatic N) is 1. The van der Waals surface area contributed by atoms with Crippen molar-refractivity contribution in [3.05, 3.63) is 0 Å². The number of amides is 1. The summed E-state index contributed by atoms with van der Waals surface area (Å²) in [5.41, 5.74) is 0. The molecule has 2 aliphatic heterocycles. The van der Waals surface area contributed by atoms with E-state index in [4.69, 9.17) is 0 Å². The fourth-order valence-electron chi connectivity index (χ4n) is 2.64. The van der Waals surface area contributed by atoms with Crippen molar-refractivity contribution in [2.75, 3.05) is 0 Å². The molecule has 3 atom stereocenters. The SMILES string of the molecule is CC1CC2CCCC(=O)N2C1C=O. The summed E-state index contributed by atoms with van der Waals surface area (Å²) in [6, 6.07) is 0.212. The molecule has 0 radical (unpaired) electrons. The summed E-state index contributed by atoms with van der Waals surface area (Å²) < 4.78 is 0. The molecule has 72 valence electrons. The van der Waals surface area contributed by atoms with Gasteiger partial charge in [-0.2, -0.15) is 0 Å². The molecular weight excluding hydrogens is 166 g/mol. The van der Waals surface area contributed by atoms with Gasteiger partial charge in [0.05, 0.1) is 6.04 Å². The van der Waals surface area contributed by atoms with Crippen LogP contribution in [0.3, 0.4) is 0 Å². The molecule has 2 rings (SSSR count). The molecule has 3 unspecified atom stereocenters. The van der Waals surface area contributed by atoms with Crippen LogP contribution >= 0.6 is 0 Å². The van der Waals surface area contributed by atoms with Crippen molar-refractivity contribution in [1.29, 1.82) is 0 Å². The zero-order valence-electron chi connectivity index (χ0n) is 7.90. The Morgan fingerprint density at radius 3 is 3.00 bits per heavy atom. The Bertz CT molecular complexity index is 239. The molecule has 0 spiro atoms. The molecule has 0 aliphatic carbocycles. The quantitative estimate of drug-likeness (QED) is 0.565. The van der Waals surface area contributed by atoms with Crippen molar-refractivity contribution in [1.82, 2.24) is 4.90 Å². The lowest BCUT2D eigenvalue weighted by Crippen LogP contribution is -2.45. The molecule has 2 saturated heterocycles. The van der Waals surface area contributed by atoms with Crippen LogP contribution in [0.2, 0.25) is 0 Å². The van der Waals surface area contributed by atoms with Gasteiger partial charge in [0.25, 0.3) is 0 Å². The minimum Gasteiger partial charge on any atom is -0.330 e. The second-order valence-corrected chi connectivity index (χ2v) is 4.19. The van der Waals surface area contributed by atoms with Gasteiger partial charge in [0.15, 0.2) is 0 Å². The lowest BCUT2D eigenvalue weighted by atomic mass is 9.99. The van der Waals surface area contributed by atoms with E-state index in [1.54, 1.807) is 0 Å². The maximum atomic E-state index is 11.6. The average molecular weight is 181 g/mol. The minimum absolute atomic E-state index is 0.141. The summed E-state index contributed by atoms with van der Waals surface area (Å²) in [7, 11) is 0. The maximum Gasteiger partial charge on any atom is 0.223 e. The van der Waals surface area contributed by atoms with Crippen LogP contribution in [0.5, 0.6) is 0 Å². The molecule has 13 heavy (non-hydrogen) atoms. The zero-order valence-corrected chi connectivity index (χ0v) is 7.90. The van der Waals surface area contributed by atoms with E-state index in [2.05, 4.69) is 6.92 Å². The normalized spacial score (nSPS) is 39.0. The van der Waals surface area contributed by atoms with Crippen molar-refractivity contribution in [2.45, 2.75) is 44.7 Å². The standard InChI is InChI=1S/C10H15NO2/c1-7-5-8-3-2-4-10(13)11(8)9(7)6-12/h6-9H,2-5H2,1H3. The fourth-order valence-corrected chi connectivity index (χ4v) is 2.64. The van der Waals surface area contributed by atoms with Gasteiger partial charge in [-0.1, -0.05) is 6.92 Å². The van der Waals surface area contributed by atoms with Gasteiger partial charge in [-0.25, -0.2) is 0 Å². The Morgan fingerprint density at radius 2 is 2.31 bits per heavy atom. The van der Waals surface area contributed by atoms with E-state index < -0.39 is 0 Å². The Hall–Kier alpha value is -0.860. The highest BCUT2D eigenvalue weighted by Gasteiger charge is 2.42. The number of hydrogen-bond acceptors (Lipinski definition) is 2. The Labute approximate surface area is 78.1 Å². The van der Waals surface area contributed by atoms with Crippen molar-refractivity contribution >= 4 is 12.2 Å². The van der Waals surface area contributed by atoms with Crippen molar-refractivity contribution in [2.24, 2.45) is 5.92 Å². The molecule has 3 heteroatoms. The van der Waals surface area contributed by atoms with E-state index in [1.807, 2.05) is 4.90 Å². The number of hydrogen-bond donors (Lipinski definition) is 0. The van der Waals surface area contributed by atoms with Crippen LogP contribution in [0, 0.1) is 5.92 Å². The minimum atomic E-state index is -0.141. The number of rotatable bonds is 1. The number of fused-ring (bicyclic) bond motifs is 1. The molecule has 0 bridgehead atoms. The van der Waals surface area contributed by atoms with Crippen LogP contribution in [-0.2, 0) is 9.59 Å². The highest BCUT2D eigenvalue weighted by atomic mass is 16.2. The third kappa shape index (κ3) is 1.26. The number of piperidine rings is 1. The smallest absolute Gasteiger partial charge is 0.223 e. The summed E-state index contributed by atoms with van der Waals surface area (Å²) in [6.45, 7) is 2.06. The molecule has 0 aromatic heterocycles. The molecule has 0 aromatic carbocycles.